The van der Waals surface area contributed by atoms with Gasteiger partial charge >= 0.3 is 0 Å². The first-order valence-electron chi connectivity index (χ1n) is 6.35. The first-order valence-corrected chi connectivity index (χ1v) is 6.89. The van der Waals surface area contributed by atoms with Gasteiger partial charge in [-0.2, -0.15) is 4.98 Å². The van der Waals surface area contributed by atoms with Crippen LogP contribution in [0.25, 0.3) is 0 Å². The van der Waals surface area contributed by atoms with E-state index in [0.29, 0.717) is 24.3 Å². The highest BCUT2D eigenvalue weighted by Crippen LogP contribution is 2.22. The molecule has 0 radical (unpaired) electrons. The number of nitrogens with zero attached hydrogens (tertiary/aromatic N) is 2. The van der Waals surface area contributed by atoms with Gasteiger partial charge in [-0.1, -0.05) is 6.92 Å². The molecule has 1 aromatic heterocycles. The first-order chi connectivity index (χ1) is 8.53. The van der Waals surface area contributed by atoms with Crippen molar-refractivity contribution in [1.29, 1.82) is 0 Å². The minimum absolute atomic E-state index is 0.0843. The van der Waals surface area contributed by atoms with Gasteiger partial charge in [0, 0.05) is 23.2 Å². The Morgan fingerprint density at radius 3 is 2.67 bits per heavy atom. The maximum atomic E-state index is 5.84. The fraction of sp³-hybridized carbons (Fsp3) is 0.692. The molecule has 4 nitrogen and oxygen atoms in total. The molecular weight excluding hydrogens is 250 g/mol. The number of halogens is 1. The zero-order valence-corrected chi connectivity index (χ0v) is 12.3. The molecule has 1 heterocycles. The van der Waals surface area contributed by atoms with Crippen LogP contribution in [0, 0.1) is 6.92 Å². The molecule has 0 bridgehead atoms. The van der Waals surface area contributed by atoms with Gasteiger partial charge < -0.3 is 10.1 Å². The van der Waals surface area contributed by atoms with Crippen molar-refractivity contribution in [2.24, 2.45) is 0 Å². The molecule has 0 aliphatic carbocycles. The quantitative estimate of drug-likeness (QED) is 0.772. The molecule has 102 valence electrons. The van der Waals surface area contributed by atoms with Gasteiger partial charge in [-0.15, -0.1) is 11.6 Å². The number of alkyl halides is 1. The summed E-state index contributed by atoms with van der Waals surface area (Å²) in [6.07, 6.45) is 1.83. The Kier molecular flexibility index (Phi) is 5.66. The predicted molar refractivity (Wildman–Crippen MR) is 75.6 cm³/mol. The average molecular weight is 272 g/mol. The van der Waals surface area contributed by atoms with E-state index in [0.717, 1.165) is 18.5 Å². The van der Waals surface area contributed by atoms with Crippen molar-refractivity contribution >= 4 is 17.5 Å². The summed E-state index contributed by atoms with van der Waals surface area (Å²) in [7, 11) is 0. The van der Waals surface area contributed by atoms with E-state index in [4.69, 9.17) is 16.3 Å². The number of hydrogen-bond donors (Lipinski definition) is 1. The molecule has 0 aliphatic heterocycles. The molecule has 1 atom stereocenters. The molecule has 0 spiro atoms. The van der Waals surface area contributed by atoms with Gasteiger partial charge in [-0.05, 0) is 33.6 Å². The van der Waals surface area contributed by atoms with Gasteiger partial charge in [0.1, 0.15) is 0 Å². The minimum atomic E-state index is -0.0843. The van der Waals surface area contributed by atoms with E-state index in [1.165, 1.54) is 0 Å². The van der Waals surface area contributed by atoms with Crippen molar-refractivity contribution in [3.63, 3.8) is 0 Å². The number of ether oxygens (including phenoxy) is 1. The molecule has 0 saturated heterocycles. The van der Waals surface area contributed by atoms with Crippen LogP contribution in [-0.2, 0) is 0 Å². The molecule has 1 aromatic rings. The Morgan fingerprint density at radius 1 is 1.39 bits per heavy atom. The van der Waals surface area contributed by atoms with Crippen LogP contribution in [0.3, 0.4) is 0 Å². The highest BCUT2D eigenvalue weighted by molar-refractivity contribution is 6.17. The first kappa shape index (κ1) is 15.0. The summed E-state index contributed by atoms with van der Waals surface area (Å²) in [5, 5.41) is 3.36. The predicted octanol–water partition coefficient (Wildman–Crippen LogP) is 3.39. The molecule has 1 N–H and O–H groups in total. The summed E-state index contributed by atoms with van der Waals surface area (Å²) in [4.78, 5) is 8.74. The third kappa shape index (κ3) is 4.33. The Morgan fingerprint density at radius 2 is 2.11 bits per heavy atom. The van der Waals surface area contributed by atoms with Gasteiger partial charge in [-0.25, -0.2) is 4.98 Å². The van der Waals surface area contributed by atoms with E-state index in [-0.39, 0.29) is 5.54 Å². The van der Waals surface area contributed by atoms with Gasteiger partial charge in [-0.3, -0.25) is 0 Å². The van der Waals surface area contributed by atoms with Crippen molar-refractivity contribution in [2.75, 3.05) is 17.8 Å². The minimum Gasteiger partial charge on any atom is -0.478 e. The van der Waals surface area contributed by atoms with Crippen molar-refractivity contribution in [3.8, 4) is 5.88 Å². The molecule has 5 heteroatoms. The highest BCUT2D eigenvalue weighted by Gasteiger charge is 2.22. The topological polar surface area (TPSA) is 47.0 Å². The monoisotopic (exact) mass is 271 g/mol. The Labute approximate surface area is 114 Å². The van der Waals surface area contributed by atoms with E-state index in [1.54, 1.807) is 0 Å². The van der Waals surface area contributed by atoms with Crippen molar-refractivity contribution in [2.45, 2.75) is 46.1 Å². The molecule has 0 aliphatic rings. The number of rotatable bonds is 7. The third-order valence-corrected chi connectivity index (χ3v) is 3.15. The molecule has 18 heavy (non-hydrogen) atoms. The fourth-order valence-corrected chi connectivity index (χ4v) is 2.04. The summed E-state index contributed by atoms with van der Waals surface area (Å²) in [6.45, 7) is 8.72. The zero-order valence-electron chi connectivity index (χ0n) is 11.6. The Hall–Kier alpha value is -1.03. The second kappa shape index (κ2) is 6.78. The summed E-state index contributed by atoms with van der Waals surface area (Å²) >= 11 is 5.84. The largest absolute Gasteiger partial charge is 0.478 e. The fourth-order valence-electron chi connectivity index (χ4n) is 1.62. The van der Waals surface area contributed by atoms with Gasteiger partial charge in [0.25, 0.3) is 0 Å². The maximum Gasteiger partial charge on any atom is 0.226 e. The average Bonchev–Trinajstić information content (AvgIpc) is 2.28. The van der Waals surface area contributed by atoms with Gasteiger partial charge in [0.05, 0.1) is 6.61 Å². The van der Waals surface area contributed by atoms with E-state index in [9.17, 15) is 0 Å². The van der Waals surface area contributed by atoms with Crippen LogP contribution in [0.1, 0.15) is 39.3 Å². The van der Waals surface area contributed by atoms with Crippen molar-refractivity contribution in [3.05, 3.63) is 11.8 Å². The summed E-state index contributed by atoms with van der Waals surface area (Å²) in [5.41, 5.74) is 0.805. The lowest BCUT2D eigenvalue weighted by atomic mass is 9.96. The molecule has 0 amide bonds. The van der Waals surface area contributed by atoms with Gasteiger partial charge in [0.15, 0.2) is 0 Å². The van der Waals surface area contributed by atoms with E-state index in [1.807, 2.05) is 19.9 Å². The van der Waals surface area contributed by atoms with Crippen molar-refractivity contribution < 1.29 is 4.74 Å². The molecule has 1 rings (SSSR count). The molecule has 0 fully saturated rings. The Balaban J connectivity index is 2.88. The number of anilines is 1. The second-order valence-corrected chi connectivity index (χ2v) is 4.96. The molecular formula is C13H22ClN3O. The van der Waals surface area contributed by atoms with Crippen LogP contribution in [-0.4, -0.2) is 28.0 Å². The van der Waals surface area contributed by atoms with E-state index >= 15 is 0 Å². The third-order valence-electron chi connectivity index (χ3n) is 2.96. The summed E-state index contributed by atoms with van der Waals surface area (Å²) in [5.74, 6) is 1.83. The number of aryl methyl sites for hydroxylation is 1. The van der Waals surface area contributed by atoms with Crippen LogP contribution < -0.4 is 10.1 Å². The second-order valence-electron chi connectivity index (χ2n) is 4.58. The lowest BCUT2D eigenvalue weighted by Crippen LogP contribution is -2.35. The van der Waals surface area contributed by atoms with Gasteiger partial charge in [0.2, 0.25) is 11.8 Å². The Bertz CT molecular complexity index is 386. The highest BCUT2D eigenvalue weighted by atomic mass is 35.5. The summed E-state index contributed by atoms with van der Waals surface area (Å²) < 4.78 is 5.42. The molecule has 1 unspecified atom stereocenters. The van der Waals surface area contributed by atoms with E-state index in [2.05, 4.69) is 29.1 Å². The van der Waals surface area contributed by atoms with Crippen LogP contribution in [0.4, 0.5) is 5.95 Å². The van der Waals surface area contributed by atoms with Crippen LogP contribution in [0.5, 0.6) is 5.88 Å². The number of hydrogen-bond acceptors (Lipinski definition) is 4. The SMILES string of the molecule is CCOc1cc(C)nc(NC(C)(CC)CCCl)n1. The number of aromatic nitrogens is 2. The van der Waals surface area contributed by atoms with Crippen LogP contribution in [0.2, 0.25) is 0 Å². The maximum absolute atomic E-state index is 5.84. The van der Waals surface area contributed by atoms with Crippen molar-refractivity contribution in [1.82, 2.24) is 9.97 Å². The standard InChI is InChI=1S/C13H22ClN3O/c1-5-13(4,7-8-14)17-12-15-10(3)9-11(16-12)18-6-2/h9H,5-8H2,1-4H3,(H,15,16,17). The smallest absolute Gasteiger partial charge is 0.226 e. The van der Waals surface area contributed by atoms with E-state index < -0.39 is 0 Å². The normalized spacial score (nSPS) is 14.1. The van der Waals surface area contributed by atoms with Crippen LogP contribution in [0.15, 0.2) is 6.07 Å². The van der Waals surface area contributed by atoms with Crippen LogP contribution >= 0.6 is 11.6 Å². The summed E-state index contributed by atoms with van der Waals surface area (Å²) in [6, 6.07) is 1.83. The zero-order chi connectivity index (χ0) is 13.6. The molecule has 0 aromatic carbocycles. The number of nitrogens with one attached hydrogen (secondary N) is 1. The molecule has 0 saturated carbocycles. The lowest BCUT2D eigenvalue weighted by Gasteiger charge is -2.29. The lowest BCUT2D eigenvalue weighted by molar-refractivity contribution is 0.326.